The van der Waals surface area contributed by atoms with Crippen molar-refractivity contribution in [3.8, 4) is 0 Å². The second-order valence-electron chi connectivity index (χ2n) is 14.9. The number of rotatable bonds is 35. The van der Waals surface area contributed by atoms with Crippen LogP contribution < -0.4 is 5.32 Å². The number of nitrogens with one attached hydrogen (secondary N) is 1. The SMILES string of the molecule is CC/C=C\C/C=C\C/C=C\C/C=C\C[C@@H](O)[C@H](O)CCCC(=O)N[C@@H](COP(=O)(O)OCC[N+](C)(C)C)[C@H](O)/C=C/CCCCCCCCCCCC. The molecule has 11 heteroatoms. The second kappa shape index (κ2) is 33.5. The minimum Gasteiger partial charge on any atom is -0.390 e. The number of carbonyl (C=O) groups is 1. The van der Waals surface area contributed by atoms with Crippen LogP contribution in [0.2, 0.25) is 0 Å². The van der Waals surface area contributed by atoms with Crippen LogP contribution in [0.4, 0.5) is 0 Å². The predicted molar refractivity (Wildman–Crippen MR) is 219 cm³/mol. The Bertz CT molecular complexity index is 1090. The molecule has 0 aromatic heterocycles. The number of phosphoric ester groups is 1. The highest BCUT2D eigenvalue weighted by Gasteiger charge is 2.28. The molecule has 0 aliphatic heterocycles. The molecule has 0 aliphatic rings. The van der Waals surface area contributed by atoms with E-state index in [1.165, 1.54) is 51.4 Å². The van der Waals surface area contributed by atoms with E-state index in [9.17, 15) is 29.6 Å². The van der Waals surface area contributed by atoms with Crippen molar-refractivity contribution >= 4 is 13.7 Å². The van der Waals surface area contributed by atoms with Crippen molar-refractivity contribution in [2.24, 2.45) is 0 Å². The zero-order chi connectivity index (χ0) is 39.6. The van der Waals surface area contributed by atoms with Gasteiger partial charge in [-0.15, -0.1) is 0 Å². The number of hydrogen-bond donors (Lipinski definition) is 5. The maximum absolute atomic E-state index is 12.9. The number of unbranched alkanes of at least 4 members (excludes halogenated alkanes) is 10. The maximum atomic E-state index is 12.9. The van der Waals surface area contributed by atoms with Crippen LogP contribution in [-0.2, 0) is 18.4 Å². The van der Waals surface area contributed by atoms with Gasteiger partial charge in [-0.3, -0.25) is 13.8 Å². The maximum Gasteiger partial charge on any atom is 0.472 e. The fourth-order valence-corrected chi connectivity index (χ4v) is 6.04. The molecule has 0 saturated heterocycles. The molecule has 0 fully saturated rings. The first kappa shape index (κ1) is 51.1. The van der Waals surface area contributed by atoms with Gasteiger partial charge < -0.3 is 30.0 Å². The fraction of sp³-hybridized carbons (Fsp3) is 0.738. The minimum atomic E-state index is -4.42. The fourth-order valence-electron chi connectivity index (χ4n) is 5.30. The first-order valence-electron chi connectivity index (χ1n) is 20.3. The lowest BCUT2D eigenvalue weighted by atomic mass is 10.0. The molecule has 0 saturated carbocycles. The summed E-state index contributed by atoms with van der Waals surface area (Å²) in [4.78, 5) is 23.1. The summed E-state index contributed by atoms with van der Waals surface area (Å²) >= 11 is 0. The van der Waals surface area contributed by atoms with Crippen LogP contribution in [0.25, 0.3) is 0 Å². The van der Waals surface area contributed by atoms with Gasteiger partial charge >= 0.3 is 7.82 Å². The molecule has 0 aliphatic carbocycles. The Morgan fingerprint density at radius 1 is 0.717 bits per heavy atom. The van der Waals surface area contributed by atoms with E-state index in [2.05, 4.69) is 55.6 Å². The predicted octanol–water partition coefficient (Wildman–Crippen LogP) is 8.63. The Morgan fingerprint density at radius 2 is 1.26 bits per heavy atom. The van der Waals surface area contributed by atoms with Crippen LogP contribution in [0.15, 0.2) is 60.8 Å². The normalized spacial score (nSPS) is 16.3. The Hall–Kier alpha value is -1.88. The molecular weight excluding hydrogens is 691 g/mol. The second-order valence-corrected chi connectivity index (χ2v) is 16.4. The average molecular weight is 770 g/mol. The van der Waals surface area contributed by atoms with Crippen molar-refractivity contribution in [3.05, 3.63) is 60.8 Å². The van der Waals surface area contributed by atoms with E-state index < -0.39 is 44.7 Å². The monoisotopic (exact) mass is 770 g/mol. The van der Waals surface area contributed by atoms with E-state index in [1.54, 1.807) is 6.08 Å². The molecule has 1 unspecified atom stereocenters. The third kappa shape index (κ3) is 34.4. The Kier molecular flexibility index (Phi) is 32.3. The van der Waals surface area contributed by atoms with Crippen molar-refractivity contribution in [1.29, 1.82) is 0 Å². The van der Waals surface area contributed by atoms with Gasteiger partial charge in [0.2, 0.25) is 5.91 Å². The third-order valence-corrected chi connectivity index (χ3v) is 9.68. The lowest BCUT2D eigenvalue weighted by molar-refractivity contribution is -0.870. The van der Waals surface area contributed by atoms with Crippen LogP contribution in [0, 0.1) is 0 Å². The molecule has 5 N–H and O–H groups in total. The summed E-state index contributed by atoms with van der Waals surface area (Å²) in [7, 11) is 1.38. The molecule has 0 radical (unpaired) electrons. The third-order valence-electron chi connectivity index (χ3n) is 8.69. The Balaban J connectivity index is 4.78. The lowest BCUT2D eigenvalue weighted by Gasteiger charge is -2.25. The van der Waals surface area contributed by atoms with Crippen LogP contribution in [0.1, 0.15) is 136 Å². The van der Waals surface area contributed by atoms with Crippen molar-refractivity contribution in [1.82, 2.24) is 5.32 Å². The zero-order valence-corrected chi connectivity index (χ0v) is 34.8. The average Bonchev–Trinajstić information content (AvgIpc) is 3.10. The zero-order valence-electron chi connectivity index (χ0n) is 34.0. The highest BCUT2D eigenvalue weighted by molar-refractivity contribution is 7.47. The standard InChI is InChI=1S/C42H77N2O8P/c1-6-8-10-12-14-16-18-20-22-24-26-28-31-39(45)38(37-52-53(49,50)51-36-35-44(3,4)5)43-42(48)34-30-33-41(47)40(46)32-29-27-25-23-21-19-17-15-13-11-9-7-2/h9,11,15,17,21,23,27-29,31,38-41,45-47H,6-8,10,12-14,16,18-20,22,24-26,30,32-37H2,1-5H3,(H-,43,48,49,50)/p+1/b11-9-,17-15-,23-21-,29-27-,31-28+/t38-,39+,40+,41+/m0/s1. The number of likely N-dealkylation sites (N-methyl/N-ethyl adjacent to an activating group) is 1. The van der Waals surface area contributed by atoms with Crippen LogP contribution in [0.3, 0.4) is 0 Å². The summed E-state index contributed by atoms with van der Waals surface area (Å²) in [5.41, 5.74) is 0. The number of carbonyl (C=O) groups excluding carboxylic acids is 1. The molecule has 0 heterocycles. The van der Waals surface area contributed by atoms with Gasteiger partial charge in [0, 0.05) is 6.42 Å². The molecule has 10 nitrogen and oxygen atoms in total. The van der Waals surface area contributed by atoms with Gasteiger partial charge in [0.1, 0.15) is 13.2 Å². The van der Waals surface area contributed by atoms with E-state index in [1.807, 2.05) is 39.4 Å². The molecule has 1 amide bonds. The Labute approximate surface area is 323 Å². The lowest BCUT2D eigenvalue weighted by Crippen LogP contribution is -2.45. The molecule has 53 heavy (non-hydrogen) atoms. The largest absolute Gasteiger partial charge is 0.472 e. The van der Waals surface area contributed by atoms with Gasteiger partial charge in [-0.25, -0.2) is 4.57 Å². The first-order valence-corrected chi connectivity index (χ1v) is 21.8. The summed E-state index contributed by atoms with van der Waals surface area (Å²) in [6.07, 6.45) is 34.5. The molecule has 0 spiro atoms. The first-order chi connectivity index (χ1) is 25.3. The van der Waals surface area contributed by atoms with Crippen molar-refractivity contribution < 1.29 is 43.1 Å². The van der Waals surface area contributed by atoms with Gasteiger partial charge in [0.25, 0.3) is 0 Å². The summed E-state index contributed by atoms with van der Waals surface area (Å²) in [6.45, 7) is 4.41. The van der Waals surface area contributed by atoms with Crippen LogP contribution in [-0.4, -0.2) is 95.9 Å². The number of aliphatic hydroxyl groups excluding tert-OH is 3. The highest BCUT2D eigenvalue weighted by Crippen LogP contribution is 2.43. The van der Waals surface area contributed by atoms with Crippen molar-refractivity contribution in [3.63, 3.8) is 0 Å². The number of quaternary nitrogens is 1. The van der Waals surface area contributed by atoms with E-state index in [0.717, 1.165) is 44.9 Å². The summed E-state index contributed by atoms with van der Waals surface area (Å²) in [5.74, 6) is -0.403. The smallest absolute Gasteiger partial charge is 0.390 e. The quantitative estimate of drug-likeness (QED) is 0.0187. The summed E-state index contributed by atoms with van der Waals surface area (Å²) in [5, 5.41) is 34.4. The number of phosphoric acid groups is 1. The number of allylic oxidation sites excluding steroid dienone is 8. The van der Waals surface area contributed by atoms with Crippen molar-refractivity contribution in [2.45, 2.75) is 160 Å². The van der Waals surface area contributed by atoms with Crippen molar-refractivity contribution in [2.75, 3.05) is 40.9 Å². The molecule has 308 valence electrons. The van der Waals surface area contributed by atoms with Crippen LogP contribution in [0.5, 0.6) is 0 Å². The number of aliphatic hydroxyl groups is 3. The molecular formula is C42H78N2O8P+. The number of amides is 1. The Morgan fingerprint density at radius 3 is 1.83 bits per heavy atom. The van der Waals surface area contributed by atoms with E-state index >= 15 is 0 Å². The molecule has 0 rings (SSSR count). The summed E-state index contributed by atoms with van der Waals surface area (Å²) < 4.78 is 23.4. The van der Waals surface area contributed by atoms with E-state index in [4.69, 9.17) is 9.05 Å². The minimum absolute atomic E-state index is 0.00603. The number of nitrogens with zero attached hydrogens (tertiary/aromatic N) is 1. The van der Waals surface area contributed by atoms with Gasteiger partial charge in [-0.05, 0) is 57.8 Å². The van der Waals surface area contributed by atoms with E-state index in [0.29, 0.717) is 23.9 Å². The van der Waals surface area contributed by atoms with Gasteiger partial charge in [-0.2, -0.15) is 0 Å². The topological polar surface area (TPSA) is 146 Å². The summed E-state index contributed by atoms with van der Waals surface area (Å²) in [6, 6.07) is -0.984. The number of hydrogen-bond acceptors (Lipinski definition) is 7. The molecule has 0 bridgehead atoms. The highest BCUT2D eigenvalue weighted by atomic mass is 31.2. The van der Waals surface area contributed by atoms with Crippen LogP contribution >= 0.6 is 7.82 Å². The molecule has 0 aromatic carbocycles. The van der Waals surface area contributed by atoms with Gasteiger partial charge in [0.15, 0.2) is 0 Å². The van der Waals surface area contributed by atoms with Gasteiger partial charge in [-0.1, -0.05) is 132 Å². The molecule has 5 atom stereocenters. The molecule has 0 aromatic rings. The van der Waals surface area contributed by atoms with E-state index in [-0.39, 0.29) is 19.4 Å². The van der Waals surface area contributed by atoms with Gasteiger partial charge in [0.05, 0.1) is 52.1 Å².